The van der Waals surface area contributed by atoms with Crippen LogP contribution in [0.4, 0.5) is 16.4 Å². The Morgan fingerprint density at radius 1 is 1.48 bits per heavy atom. The van der Waals surface area contributed by atoms with Gasteiger partial charge in [0.15, 0.2) is 0 Å². The number of aromatic nitrogens is 2. The van der Waals surface area contributed by atoms with Gasteiger partial charge < -0.3 is 19.9 Å². The van der Waals surface area contributed by atoms with Gasteiger partial charge >= 0.3 is 6.09 Å². The molecule has 3 rings (SSSR count). The normalized spacial score (nSPS) is 17.0. The summed E-state index contributed by atoms with van der Waals surface area (Å²) in [6.07, 6.45) is 2.63. The maximum absolute atomic E-state index is 11.2. The molecule has 27 heavy (non-hydrogen) atoms. The number of hydrogen-bond acceptors (Lipinski definition) is 5. The van der Waals surface area contributed by atoms with Crippen LogP contribution in [0.3, 0.4) is 0 Å². The molecular formula is C18H23N5O4. The van der Waals surface area contributed by atoms with Gasteiger partial charge in [-0.1, -0.05) is 11.6 Å². The van der Waals surface area contributed by atoms with Gasteiger partial charge in [0.2, 0.25) is 5.95 Å². The summed E-state index contributed by atoms with van der Waals surface area (Å²) in [6, 6.07) is 4.49. The van der Waals surface area contributed by atoms with Crippen LogP contribution in [0, 0.1) is 10.1 Å². The number of hydrogen-bond donors (Lipinski definition) is 2. The van der Waals surface area contributed by atoms with E-state index in [1.165, 1.54) is 6.07 Å². The molecule has 9 nitrogen and oxygen atoms in total. The lowest BCUT2D eigenvalue weighted by molar-refractivity contribution is -0.384. The third-order valence-corrected chi connectivity index (χ3v) is 4.64. The zero-order chi connectivity index (χ0) is 19.6. The minimum absolute atomic E-state index is 0.0245. The number of amides is 1. The maximum atomic E-state index is 11.2. The number of benzene rings is 1. The molecule has 1 aromatic heterocycles. The highest BCUT2D eigenvalue weighted by molar-refractivity contribution is 5.81. The number of carbonyl (C=O) groups is 1. The van der Waals surface area contributed by atoms with Gasteiger partial charge in [-0.05, 0) is 32.8 Å². The van der Waals surface area contributed by atoms with Crippen molar-refractivity contribution < 1.29 is 14.8 Å². The monoisotopic (exact) mass is 373 g/mol. The molecule has 1 aliphatic rings. The Bertz CT molecular complexity index is 901. The Kier molecular flexibility index (Phi) is 5.29. The third kappa shape index (κ3) is 4.18. The summed E-state index contributed by atoms with van der Waals surface area (Å²) >= 11 is 0. The lowest BCUT2D eigenvalue weighted by Crippen LogP contribution is -2.48. The van der Waals surface area contributed by atoms with Gasteiger partial charge in [-0.15, -0.1) is 0 Å². The van der Waals surface area contributed by atoms with Crippen molar-refractivity contribution in [2.45, 2.75) is 39.3 Å². The highest BCUT2D eigenvalue weighted by atomic mass is 16.6. The number of non-ortho nitro benzene ring substituents is 1. The van der Waals surface area contributed by atoms with Crippen molar-refractivity contribution in [1.29, 1.82) is 0 Å². The first-order chi connectivity index (χ1) is 12.8. The zero-order valence-electron chi connectivity index (χ0n) is 15.4. The molecule has 0 unspecified atom stereocenters. The molecule has 1 saturated heterocycles. The summed E-state index contributed by atoms with van der Waals surface area (Å²) in [6.45, 7) is 5.82. The van der Waals surface area contributed by atoms with E-state index in [4.69, 9.17) is 10.1 Å². The molecule has 0 aliphatic carbocycles. The van der Waals surface area contributed by atoms with Crippen LogP contribution in [0.1, 0.15) is 26.7 Å². The van der Waals surface area contributed by atoms with E-state index in [-0.39, 0.29) is 11.7 Å². The SMILES string of the molecule is CC(C)=CCn1c(N2CCC[C@@H](NC(=O)O)C2)nc2ccc([N+](=O)[O-])cc21. The molecule has 1 fully saturated rings. The summed E-state index contributed by atoms with van der Waals surface area (Å²) in [5.74, 6) is 0.708. The van der Waals surface area contributed by atoms with Crippen LogP contribution in [0.2, 0.25) is 0 Å². The summed E-state index contributed by atoms with van der Waals surface area (Å²) in [5.41, 5.74) is 2.55. The minimum atomic E-state index is -1.03. The number of nitrogens with one attached hydrogen (secondary N) is 1. The van der Waals surface area contributed by atoms with E-state index >= 15 is 0 Å². The van der Waals surface area contributed by atoms with Crippen LogP contribution in [-0.2, 0) is 6.54 Å². The number of piperidine rings is 1. The molecule has 9 heteroatoms. The number of carboxylic acid groups (broad SMARTS) is 1. The predicted molar refractivity (Wildman–Crippen MR) is 102 cm³/mol. The Morgan fingerprint density at radius 3 is 2.93 bits per heavy atom. The Morgan fingerprint density at radius 2 is 2.26 bits per heavy atom. The molecule has 2 aromatic rings. The maximum Gasteiger partial charge on any atom is 0.404 e. The number of rotatable bonds is 5. The molecule has 1 aliphatic heterocycles. The Balaban J connectivity index is 2.02. The Hall–Kier alpha value is -3.10. The third-order valence-electron chi connectivity index (χ3n) is 4.64. The summed E-state index contributed by atoms with van der Waals surface area (Å²) in [4.78, 5) is 28.5. The summed E-state index contributed by atoms with van der Waals surface area (Å²) < 4.78 is 1.96. The minimum Gasteiger partial charge on any atom is -0.465 e. The number of fused-ring (bicyclic) bond motifs is 1. The smallest absolute Gasteiger partial charge is 0.404 e. The average molecular weight is 373 g/mol. The molecule has 0 radical (unpaired) electrons. The first kappa shape index (κ1) is 18.7. The van der Waals surface area contributed by atoms with Crippen molar-refractivity contribution in [2.75, 3.05) is 18.0 Å². The number of nitrogens with zero attached hydrogens (tertiary/aromatic N) is 4. The molecule has 1 aromatic carbocycles. The second-order valence-corrected chi connectivity index (χ2v) is 6.97. The highest BCUT2D eigenvalue weighted by Gasteiger charge is 2.25. The van der Waals surface area contributed by atoms with Gasteiger partial charge in [0.1, 0.15) is 0 Å². The molecular weight excluding hydrogens is 350 g/mol. The van der Waals surface area contributed by atoms with Crippen molar-refractivity contribution in [3.8, 4) is 0 Å². The molecule has 2 N–H and O–H groups in total. The first-order valence-corrected chi connectivity index (χ1v) is 8.87. The van der Waals surface area contributed by atoms with E-state index in [0.717, 1.165) is 25.0 Å². The number of nitro benzene ring substituents is 1. The van der Waals surface area contributed by atoms with Gasteiger partial charge in [-0.25, -0.2) is 9.78 Å². The molecule has 0 spiro atoms. The molecule has 144 valence electrons. The standard InChI is InChI=1S/C18H23N5O4/c1-12(2)7-9-22-16-10-14(23(26)27)5-6-15(16)20-17(22)21-8-3-4-13(11-21)19-18(24)25/h5-7,10,13,19H,3-4,8-9,11H2,1-2H3,(H,24,25)/t13-/m1/s1. The quantitative estimate of drug-likeness (QED) is 0.473. The van der Waals surface area contributed by atoms with Gasteiger partial charge in [-0.2, -0.15) is 0 Å². The van der Waals surface area contributed by atoms with Crippen LogP contribution in [0.5, 0.6) is 0 Å². The highest BCUT2D eigenvalue weighted by Crippen LogP contribution is 2.28. The average Bonchev–Trinajstić information content (AvgIpc) is 2.97. The van der Waals surface area contributed by atoms with E-state index in [1.54, 1.807) is 12.1 Å². The number of imidazole rings is 1. The molecule has 1 atom stereocenters. The number of allylic oxidation sites excluding steroid dienone is 2. The van der Waals surface area contributed by atoms with Gasteiger partial charge in [0.25, 0.3) is 5.69 Å². The second-order valence-electron chi connectivity index (χ2n) is 6.97. The van der Waals surface area contributed by atoms with Crippen LogP contribution < -0.4 is 10.2 Å². The fourth-order valence-corrected chi connectivity index (χ4v) is 3.36. The van der Waals surface area contributed by atoms with Crippen LogP contribution in [-0.4, -0.2) is 44.8 Å². The van der Waals surface area contributed by atoms with E-state index in [2.05, 4.69) is 10.2 Å². The lowest BCUT2D eigenvalue weighted by atomic mass is 10.1. The van der Waals surface area contributed by atoms with Crippen LogP contribution >= 0.6 is 0 Å². The fraction of sp³-hybridized carbons (Fsp3) is 0.444. The van der Waals surface area contributed by atoms with Gasteiger partial charge in [0, 0.05) is 37.8 Å². The van der Waals surface area contributed by atoms with Crippen LogP contribution in [0.15, 0.2) is 29.8 Å². The summed E-state index contributed by atoms with van der Waals surface area (Å²) in [7, 11) is 0. The summed E-state index contributed by atoms with van der Waals surface area (Å²) in [5, 5.41) is 22.7. The van der Waals surface area contributed by atoms with E-state index in [1.807, 2.05) is 24.5 Å². The largest absolute Gasteiger partial charge is 0.465 e. The molecule has 2 heterocycles. The number of anilines is 1. The van der Waals surface area contributed by atoms with E-state index in [0.29, 0.717) is 30.1 Å². The van der Waals surface area contributed by atoms with Crippen molar-refractivity contribution in [1.82, 2.24) is 14.9 Å². The molecule has 0 bridgehead atoms. The predicted octanol–water partition coefficient (Wildman–Crippen LogP) is 3.15. The topological polar surface area (TPSA) is 114 Å². The molecule has 1 amide bonds. The lowest BCUT2D eigenvalue weighted by Gasteiger charge is -2.33. The second kappa shape index (κ2) is 7.65. The van der Waals surface area contributed by atoms with Crippen molar-refractivity contribution in [2.24, 2.45) is 0 Å². The van der Waals surface area contributed by atoms with Crippen molar-refractivity contribution >= 4 is 28.8 Å². The Labute approximate surface area is 156 Å². The molecule has 0 saturated carbocycles. The van der Waals surface area contributed by atoms with E-state index in [9.17, 15) is 14.9 Å². The van der Waals surface area contributed by atoms with Crippen molar-refractivity contribution in [3.63, 3.8) is 0 Å². The van der Waals surface area contributed by atoms with Gasteiger partial charge in [0.05, 0.1) is 16.0 Å². The van der Waals surface area contributed by atoms with Crippen molar-refractivity contribution in [3.05, 3.63) is 40.0 Å². The number of nitro groups is 1. The van der Waals surface area contributed by atoms with E-state index < -0.39 is 11.0 Å². The van der Waals surface area contributed by atoms with Gasteiger partial charge in [-0.3, -0.25) is 10.1 Å². The fourth-order valence-electron chi connectivity index (χ4n) is 3.36. The first-order valence-electron chi connectivity index (χ1n) is 8.87. The van der Waals surface area contributed by atoms with Crippen LogP contribution in [0.25, 0.3) is 11.0 Å². The zero-order valence-corrected chi connectivity index (χ0v) is 15.4.